The molecule has 0 spiro atoms. The van der Waals surface area contributed by atoms with Crippen LogP contribution in [0.3, 0.4) is 0 Å². The number of nitro benzene ring substituents is 1. The van der Waals surface area contributed by atoms with Crippen LogP contribution in [0.2, 0.25) is 0 Å². The molecule has 0 aliphatic carbocycles. The molecule has 0 radical (unpaired) electrons. The van der Waals surface area contributed by atoms with Crippen LogP contribution < -0.4 is 16.6 Å². The molecule has 0 aliphatic heterocycles. The number of carbonyl (C=O) groups excluding carboxylic acids is 1. The summed E-state index contributed by atoms with van der Waals surface area (Å²) >= 11 is 0. The molecule has 10 heteroatoms. The van der Waals surface area contributed by atoms with Crippen LogP contribution in [0.4, 0.5) is 15.8 Å². The molecule has 1 aromatic heterocycles. The van der Waals surface area contributed by atoms with Crippen molar-refractivity contribution in [3.05, 3.63) is 66.7 Å². The number of amides is 1. The van der Waals surface area contributed by atoms with Crippen molar-refractivity contribution in [1.82, 2.24) is 9.13 Å². The van der Waals surface area contributed by atoms with Gasteiger partial charge in [-0.25, -0.2) is 4.79 Å². The largest absolute Gasteiger partial charge is 0.330 e. The highest BCUT2D eigenvalue weighted by molar-refractivity contribution is 6.03. The fourth-order valence-corrected chi connectivity index (χ4v) is 1.90. The minimum absolute atomic E-state index is 0.0611. The Morgan fingerprint density at radius 1 is 1.30 bits per heavy atom. The Kier molecular flexibility index (Phi) is 4.08. The molecular weight excluding hydrogens is 311 g/mol. The predicted molar refractivity (Wildman–Crippen MR) is 77.9 cm³/mol. The van der Waals surface area contributed by atoms with E-state index in [2.05, 4.69) is 5.32 Å². The molecule has 0 unspecified atom stereocenters. The molecule has 1 aromatic carbocycles. The van der Waals surface area contributed by atoms with Gasteiger partial charge in [-0.3, -0.25) is 24.3 Å². The molecule has 2 rings (SSSR count). The van der Waals surface area contributed by atoms with Crippen LogP contribution in [0.15, 0.2) is 34.0 Å². The van der Waals surface area contributed by atoms with Crippen molar-refractivity contribution in [2.24, 2.45) is 14.1 Å². The van der Waals surface area contributed by atoms with Gasteiger partial charge < -0.3 is 9.88 Å². The number of benzene rings is 1. The van der Waals surface area contributed by atoms with Crippen LogP contribution in [0.25, 0.3) is 0 Å². The Morgan fingerprint density at radius 3 is 2.52 bits per heavy atom. The maximum absolute atomic E-state index is 13.5. The minimum Gasteiger partial charge on any atom is -0.322 e. The SMILES string of the molecule is Cn1cc(C(=O)Nc2ccc([N+](=O)[O-])c(F)c2)c(=O)n(C)c1=O. The number of halogens is 1. The van der Waals surface area contributed by atoms with Crippen molar-refractivity contribution >= 4 is 17.3 Å². The molecule has 120 valence electrons. The van der Waals surface area contributed by atoms with Crippen molar-refractivity contribution < 1.29 is 14.1 Å². The summed E-state index contributed by atoms with van der Waals surface area (Å²) in [5.74, 6) is -1.99. The topological polar surface area (TPSA) is 116 Å². The van der Waals surface area contributed by atoms with Gasteiger partial charge in [0.15, 0.2) is 0 Å². The Bertz CT molecular complexity index is 931. The third kappa shape index (κ3) is 3.00. The number of hydrogen-bond donors (Lipinski definition) is 1. The van der Waals surface area contributed by atoms with E-state index >= 15 is 0 Å². The summed E-state index contributed by atoms with van der Waals surface area (Å²) in [5, 5.41) is 12.8. The zero-order chi connectivity index (χ0) is 17.3. The van der Waals surface area contributed by atoms with Crippen LogP contribution in [0.5, 0.6) is 0 Å². The molecule has 0 saturated carbocycles. The zero-order valence-corrected chi connectivity index (χ0v) is 12.1. The lowest BCUT2D eigenvalue weighted by molar-refractivity contribution is -0.387. The van der Waals surface area contributed by atoms with Gasteiger partial charge in [0.1, 0.15) is 5.56 Å². The molecule has 0 bridgehead atoms. The lowest BCUT2D eigenvalue weighted by Crippen LogP contribution is -2.40. The Balaban J connectivity index is 2.37. The van der Waals surface area contributed by atoms with E-state index in [-0.39, 0.29) is 11.3 Å². The lowest BCUT2D eigenvalue weighted by Gasteiger charge is -2.08. The average Bonchev–Trinajstić information content (AvgIpc) is 2.48. The van der Waals surface area contributed by atoms with E-state index in [9.17, 15) is 28.9 Å². The van der Waals surface area contributed by atoms with E-state index in [0.717, 1.165) is 33.5 Å². The quantitative estimate of drug-likeness (QED) is 0.648. The summed E-state index contributed by atoms with van der Waals surface area (Å²) in [7, 11) is 2.58. The average molecular weight is 322 g/mol. The minimum atomic E-state index is -1.12. The highest BCUT2D eigenvalue weighted by Gasteiger charge is 2.18. The molecule has 23 heavy (non-hydrogen) atoms. The first kappa shape index (κ1) is 16.1. The number of nitrogens with zero attached hydrogens (tertiary/aromatic N) is 3. The van der Waals surface area contributed by atoms with E-state index in [0.29, 0.717) is 0 Å². The van der Waals surface area contributed by atoms with E-state index in [1.807, 2.05) is 0 Å². The molecule has 2 aromatic rings. The van der Waals surface area contributed by atoms with Gasteiger partial charge in [-0.15, -0.1) is 0 Å². The van der Waals surface area contributed by atoms with Gasteiger partial charge in [0.25, 0.3) is 11.5 Å². The molecule has 0 atom stereocenters. The summed E-state index contributed by atoms with van der Waals surface area (Å²) in [4.78, 5) is 45.2. The van der Waals surface area contributed by atoms with Crippen molar-refractivity contribution in [2.45, 2.75) is 0 Å². The standard InChI is InChI=1S/C13H11FN4O5/c1-16-6-8(12(20)17(2)13(16)21)11(19)15-7-3-4-10(18(22)23)9(14)5-7/h3-6H,1-2H3,(H,15,19). The smallest absolute Gasteiger partial charge is 0.322 e. The van der Waals surface area contributed by atoms with Crippen molar-refractivity contribution in [2.75, 3.05) is 5.32 Å². The third-order valence-corrected chi connectivity index (χ3v) is 3.09. The third-order valence-electron chi connectivity index (χ3n) is 3.09. The van der Waals surface area contributed by atoms with Crippen LogP contribution in [-0.4, -0.2) is 20.0 Å². The summed E-state index contributed by atoms with van der Waals surface area (Å²) < 4.78 is 15.3. The second kappa shape index (κ2) is 5.83. The number of carbonyl (C=O) groups is 1. The molecule has 0 fully saturated rings. The molecule has 1 N–H and O–H groups in total. The fraction of sp³-hybridized carbons (Fsp3) is 0.154. The van der Waals surface area contributed by atoms with E-state index in [4.69, 9.17) is 0 Å². The fourth-order valence-electron chi connectivity index (χ4n) is 1.90. The summed E-state index contributed by atoms with van der Waals surface area (Å²) in [6.45, 7) is 0. The number of aromatic nitrogens is 2. The van der Waals surface area contributed by atoms with Gasteiger partial charge in [0.05, 0.1) is 4.92 Å². The van der Waals surface area contributed by atoms with Gasteiger partial charge in [0.2, 0.25) is 5.82 Å². The van der Waals surface area contributed by atoms with Gasteiger partial charge in [-0.05, 0) is 6.07 Å². The first-order chi connectivity index (χ1) is 10.7. The van der Waals surface area contributed by atoms with Crippen LogP contribution in [0, 0.1) is 15.9 Å². The Labute approximate surface area is 127 Å². The number of nitro groups is 1. The van der Waals surface area contributed by atoms with Crippen LogP contribution in [0.1, 0.15) is 10.4 Å². The van der Waals surface area contributed by atoms with E-state index < -0.39 is 33.6 Å². The highest BCUT2D eigenvalue weighted by atomic mass is 19.1. The van der Waals surface area contributed by atoms with Crippen LogP contribution >= 0.6 is 0 Å². The molecule has 1 amide bonds. The Hall–Kier alpha value is -3.30. The molecular formula is C13H11FN4O5. The van der Waals surface area contributed by atoms with Gasteiger partial charge in [-0.2, -0.15) is 4.39 Å². The summed E-state index contributed by atoms with van der Waals surface area (Å²) in [5.41, 5.74) is -2.54. The van der Waals surface area contributed by atoms with Crippen molar-refractivity contribution in [3.63, 3.8) is 0 Å². The van der Waals surface area contributed by atoms with Gasteiger partial charge in [-0.1, -0.05) is 0 Å². The zero-order valence-electron chi connectivity index (χ0n) is 12.1. The molecule has 0 aliphatic rings. The van der Waals surface area contributed by atoms with Crippen molar-refractivity contribution in [1.29, 1.82) is 0 Å². The maximum Gasteiger partial charge on any atom is 0.330 e. The van der Waals surface area contributed by atoms with Crippen molar-refractivity contribution in [3.8, 4) is 0 Å². The summed E-state index contributed by atoms with van der Waals surface area (Å²) in [6.07, 6.45) is 1.06. The number of anilines is 1. The number of aryl methyl sites for hydroxylation is 1. The van der Waals surface area contributed by atoms with Gasteiger partial charge >= 0.3 is 11.4 Å². The monoisotopic (exact) mass is 322 g/mol. The first-order valence-electron chi connectivity index (χ1n) is 6.24. The Morgan fingerprint density at radius 2 is 1.96 bits per heavy atom. The second-order valence-corrected chi connectivity index (χ2v) is 4.68. The number of hydrogen-bond acceptors (Lipinski definition) is 5. The van der Waals surface area contributed by atoms with Gasteiger partial charge in [0, 0.05) is 38.1 Å². The maximum atomic E-state index is 13.5. The highest BCUT2D eigenvalue weighted by Crippen LogP contribution is 2.20. The first-order valence-corrected chi connectivity index (χ1v) is 6.24. The molecule has 9 nitrogen and oxygen atoms in total. The van der Waals surface area contributed by atoms with E-state index in [1.54, 1.807) is 0 Å². The molecule has 0 saturated heterocycles. The number of nitrogens with one attached hydrogen (secondary N) is 1. The van der Waals surface area contributed by atoms with Crippen LogP contribution in [-0.2, 0) is 14.1 Å². The second-order valence-electron chi connectivity index (χ2n) is 4.68. The molecule has 1 heterocycles. The number of rotatable bonds is 3. The predicted octanol–water partition coefficient (Wildman–Crippen LogP) is 0.384. The normalized spacial score (nSPS) is 10.4. The van der Waals surface area contributed by atoms with E-state index in [1.165, 1.54) is 14.1 Å². The lowest BCUT2D eigenvalue weighted by atomic mass is 10.2. The summed E-state index contributed by atoms with van der Waals surface area (Å²) in [6, 6.07) is 2.79.